The standard InChI is InChI=1S/C41H54N6O7/c1-5-23-46(24-22-30(6-2)40(52)54-45-38(51)17-13-8-7-12-16-37(50)42-31-14-10-9-11-15-31)27-29-18-20-32(21-19-29)47-39(43-44-41(47)53)34-25-33(28(3)4)35(48)26-36(34)49/h9-11,14-15,18-21,25-26,28,30,48-49H,5-8,12-13,16-17,22-24,27H2,1-4H3,(H,42,50)(H,44,53)(H,45,51). The second kappa shape index (κ2) is 20.7. The Morgan fingerprint density at radius 1 is 0.889 bits per heavy atom. The van der Waals surface area contributed by atoms with Gasteiger partial charge in [0.2, 0.25) is 5.91 Å². The van der Waals surface area contributed by atoms with Crippen LogP contribution in [0.2, 0.25) is 0 Å². The van der Waals surface area contributed by atoms with Crippen LogP contribution in [0.25, 0.3) is 17.1 Å². The van der Waals surface area contributed by atoms with Gasteiger partial charge in [0.1, 0.15) is 11.5 Å². The molecule has 0 aliphatic rings. The molecule has 1 heterocycles. The molecule has 54 heavy (non-hydrogen) atoms. The molecule has 0 saturated heterocycles. The molecule has 290 valence electrons. The van der Waals surface area contributed by atoms with E-state index in [1.54, 1.807) is 6.07 Å². The third-order valence-electron chi connectivity index (χ3n) is 9.32. The molecule has 13 heteroatoms. The summed E-state index contributed by atoms with van der Waals surface area (Å²) in [6.45, 7) is 9.94. The molecular weight excluding hydrogens is 688 g/mol. The van der Waals surface area contributed by atoms with Crippen LogP contribution in [0.4, 0.5) is 5.69 Å². The Kier molecular flexibility index (Phi) is 15.9. The van der Waals surface area contributed by atoms with Gasteiger partial charge in [-0.05, 0) is 92.6 Å². The van der Waals surface area contributed by atoms with E-state index in [1.165, 1.54) is 10.6 Å². The minimum atomic E-state index is -0.463. The number of aromatic hydroxyl groups is 2. The maximum absolute atomic E-state index is 12.9. The van der Waals surface area contributed by atoms with Crippen molar-refractivity contribution in [2.24, 2.45) is 5.92 Å². The first-order valence-electron chi connectivity index (χ1n) is 18.9. The quantitative estimate of drug-likeness (QED) is 0.0474. The lowest BCUT2D eigenvalue weighted by Crippen LogP contribution is -2.33. The number of hydrogen-bond donors (Lipinski definition) is 5. The molecule has 3 aromatic carbocycles. The number of anilines is 1. The lowest BCUT2D eigenvalue weighted by molar-refractivity contribution is -0.162. The van der Waals surface area contributed by atoms with Gasteiger partial charge < -0.3 is 20.4 Å². The number of aromatic nitrogens is 3. The number of hydroxylamine groups is 1. The number of unbranched alkanes of at least 4 members (excludes halogenated alkanes) is 3. The van der Waals surface area contributed by atoms with E-state index in [9.17, 15) is 29.4 Å². The molecule has 13 nitrogen and oxygen atoms in total. The minimum absolute atomic E-state index is 0.0151. The molecule has 1 aromatic heterocycles. The van der Waals surface area contributed by atoms with Crippen LogP contribution in [0.1, 0.15) is 103 Å². The second-order valence-electron chi connectivity index (χ2n) is 13.9. The lowest BCUT2D eigenvalue weighted by Gasteiger charge is -2.24. The van der Waals surface area contributed by atoms with Crippen LogP contribution in [-0.2, 0) is 25.8 Å². The van der Waals surface area contributed by atoms with E-state index < -0.39 is 11.7 Å². The van der Waals surface area contributed by atoms with Gasteiger partial charge in [0.25, 0.3) is 5.91 Å². The van der Waals surface area contributed by atoms with Crippen molar-refractivity contribution in [1.82, 2.24) is 25.1 Å². The number of phenols is 2. The summed E-state index contributed by atoms with van der Waals surface area (Å²) in [5.41, 5.74) is 5.15. The first kappa shape index (κ1) is 41.3. The number of para-hydroxylation sites is 1. The van der Waals surface area contributed by atoms with Crippen molar-refractivity contribution >= 4 is 23.5 Å². The van der Waals surface area contributed by atoms with Crippen LogP contribution in [0, 0.1) is 5.92 Å². The summed E-state index contributed by atoms with van der Waals surface area (Å²) >= 11 is 0. The van der Waals surface area contributed by atoms with E-state index in [0.717, 1.165) is 43.5 Å². The lowest BCUT2D eigenvalue weighted by atomic mass is 9.98. The minimum Gasteiger partial charge on any atom is -0.508 e. The molecule has 0 aliphatic carbocycles. The number of H-pyrrole nitrogens is 1. The molecule has 4 aromatic rings. The van der Waals surface area contributed by atoms with E-state index >= 15 is 0 Å². The Hall–Kier alpha value is -5.43. The Morgan fingerprint density at radius 3 is 2.22 bits per heavy atom. The second-order valence-corrected chi connectivity index (χ2v) is 13.9. The van der Waals surface area contributed by atoms with Gasteiger partial charge in [0.15, 0.2) is 5.82 Å². The van der Waals surface area contributed by atoms with Crippen molar-refractivity contribution in [3.8, 4) is 28.6 Å². The number of hydrogen-bond acceptors (Lipinski definition) is 9. The first-order valence-corrected chi connectivity index (χ1v) is 18.9. The van der Waals surface area contributed by atoms with Crippen LogP contribution < -0.4 is 16.5 Å². The van der Waals surface area contributed by atoms with Gasteiger partial charge in [0.05, 0.1) is 17.2 Å². The van der Waals surface area contributed by atoms with Crippen LogP contribution in [0.5, 0.6) is 11.5 Å². The molecule has 2 amide bonds. The Balaban J connectivity index is 1.23. The third-order valence-corrected chi connectivity index (χ3v) is 9.32. The fourth-order valence-corrected chi connectivity index (χ4v) is 6.29. The summed E-state index contributed by atoms with van der Waals surface area (Å²) in [7, 11) is 0. The summed E-state index contributed by atoms with van der Waals surface area (Å²) in [5, 5.41) is 30.4. The smallest absolute Gasteiger partial charge is 0.348 e. The molecule has 4 rings (SSSR count). The number of rotatable bonds is 20. The van der Waals surface area contributed by atoms with Crippen molar-refractivity contribution in [2.75, 3.05) is 18.4 Å². The summed E-state index contributed by atoms with van der Waals surface area (Å²) < 4.78 is 1.39. The molecule has 0 bridgehead atoms. The summed E-state index contributed by atoms with van der Waals surface area (Å²) in [4.78, 5) is 57.6. The fraction of sp³-hybridized carbons (Fsp3) is 0.439. The topological polar surface area (TPSA) is 179 Å². The summed E-state index contributed by atoms with van der Waals surface area (Å²) in [6.07, 6.45) is 5.67. The molecular formula is C41H54N6O7. The van der Waals surface area contributed by atoms with E-state index in [0.29, 0.717) is 55.6 Å². The van der Waals surface area contributed by atoms with E-state index in [1.807, 2.05) is 75.4 Å². The summed E-state index contributed by atoms with van der Waals surface area (Å²) in [6, 6.07) is 19.7. The monoisotopic (exact) mass is 742 g/mol. The number of nitrogens with one attached hydrogen (secondary N) is 3. The molecule has 0 fully saturated rings. The number of benzene rings is 3. The van der Waals surface area contributed by atoms with Gasteiger partial charge in [-0.15, -0.1) is 0 Å². The maximum Gasteiger partial charge on any atom is 0.348 e. The van der Waals surface area contributed by atoms with Crippen molar-refractivity contribution in [3.63, 3.8) is 0 Å². The van der Waals surface area contributed by atoms with Crippen molar-refractivity contribution in [2.45, 2.75) is 97.9 Å². The van der Waals surface area contributed by atoms with Crippen LogP contribution in [0.15, 0.2) is 71.5 Å². The zero-order valence-electron chi connectivity index (χ0n) is 31.8. The van der Waals surface area contributed by atoms with Crippen molar-refractivity contribution in [1.29, 1.82) is 0 Å². The number of phenolic OH excluding ortho intramolecular Hbond substituents is 2. The van der Waals surface area contributed by atoms with Gasteiger partial charge in [0, 0.05) is 31.1 Å². The van der Waals surface area contributed by atoms with Crippen LogP contribution >= 0.6 is 0 Å². The van der Waals surface area contributed by atoms with Gasteiger partial charge in [-0.1, -0.05) is 70.9 Å². The number of carbonyl (C=O) groups excluding carboxylic acids is 3. The average Bonchev–Trinajstić information content (AvgIpc) is 3.53. The molecule has 0 radical (unpaired) electrons. The van der Waals surface area contributed by atoms with Crippen molar-refractivity contribution < 1.29 is 29.4 Å². The largest absolute Gasteiger partial charge is 0.508 e. The van der Waals surface area contributed by atoms with Crippen LogP contribution in [0.3, 0.4) is 0 Å². The predicted molar refractivity (Wildman–Crippen MR) is 208 cm³/mol. The first-order chi connectivity index (χ1) is 26.0. The molecule has 0 aliphatic heterocycles. The van der Waals surface area contributed by atoms with Gasteiger partial charge >= 0.3 is 11.7 Å². The van der Waals surface area contributed by atoms with E-state index in [4.69, 9.17) is 4.84 Å². The molecule has 0 saturated carbocycles. The average molecular weight is 743 g/mol. The normalized spacial score (nSPS) is 11.8. The highest BCUT2D eigenvalue weighted by Crippen LogP contribution is 2.37. The highest BCUT2D eigenvalue weighted by molar-refractivity contribution is 5.90. The van der Waals surface area contributed by atoms with Crippen molar-refractivity contribution in [3.05, 3.63) is 88.3 Å². The predicted octanol–water partition coefficient (Wildman–Crippen LogP) is 6.94. The van der Waals surface area contributed by atoms with Gasteiger partial charge in [-0.2, -0.15) is 10.6 Å². The van der Waals surface area contributed by atoms with Gasteiger partial charge in [-0.25, -0.2) is 19.3 Å². The Morgan fingerprint density at radius 2 is 1.57 bits per heavy atom. The number of amides is 2. The zero-order valence-corrected chi connectivity index (χ0v) is 31.8. The highest BCUT2D eigenvalue weighted by Gasteiger charge is 2.22. The van der Waals surface area contributed by atoms with E-state index in [2.05, 4.69) is 32.8 Å². The number of aromatic amines is 1. The molecule has 1 atom stereocenters. The SMILES string of the molecule is CCCN(CCC(CC)C(=O)ONC(=O)CCCCCCC(=O)Nc1ccccc1)Cc1ccc(-n2c(-c3cc(C(C)C)c(O)cc3O)n[nH]c2=O)cc1. The third kappa shape index (κ3) is 12.1. The molecule has 0 spiro atoms. The summed E-state index contributed by atoms with van der Waals surface area (Å²) in [5.74, 6) is -1.22. The molecule has 1 unspecified atom stereocenters. The fourth-order valence-electron chi connectivity index (χ4n) is 6.29. The number of nitrogens with zero attached hydrogens (tertiary/aromatic N) is 3. The molecule has 5 N–H and O–H groups in total. The Labute approximate surface area is 316 Å². The van der Waals surface area contributed by atoms with Crippen LogP contribution in [-0.4, -0.2) is 60.8 Å². The number of carbonyl (C=O) groups is 3. The van der Waals surface area contributed by atoms with E-state index in [-0.39, 0.29) is 47.4 Å². The van der Waals surface area contributed by atoms with Gasteiger partial charge in [-0.3, -0.25) is 14.5 Å². The highest BCUT2D eigenvalue weighted by atomic mass is 16.7. The Bertz CT molecular complexity index is 1870. The zero-order chi connectivity index (χ0) is 39.0. The maximum atomic E-state index is 12.9.